The Morgan fingerprint density at radius 1 is 0.390 bits per heavy atom. The molecule has 0 unspecified atom stereocenters. The summed E-state index contributed by atoms with van der Waals surface area (Å²) in [7, 11) is 0. The van der Waals surface area contributed by atoms with E-state index in [9.17, 15) is 0 Å². The van der Waals surface area contributed by atoms with Crippen molar-refractivity contribution in [2.24, 2.45) is 0 Å². The van der Waals surface area contributed by atoms with Crippen LogP contribution < -0.4 is 4.90 Å². The lowest BCUT2D eigenvalue weighted by atomic mass is 9.81. The van der Waals surface area contributed by atoms with Crippen LogP contribution in [-0.4, -0.2) is 4.57 Å². The van der Waals surface area contributed by atoms with Crippen LogP contribution in [0.5, 0.6) is 0 Å². The number of rotatable bonds is 5. The Kier molecular flexibility index (Phi) is 7.31. The van der Waals surface area contributed by atoms with Gasteiger partial charge in [0.1, 0.15) is 0 Å². The number of fused-ring (bicyclic) bond motifs is 9. The molecule has 2 nitrogen and oxygen atoms in total. The monoisotopic (exact) mass is 752 g/mol. The van der Waals surface area contributed by atoms with Crippen molar-refractivity contribution in [3.63, 3.8) is 0 Å². The Bertz CT molecular complexity index is 3440. The highest BCUT2D eigenvalue weighted by Gasteiger charge is 2.36. The van der Waals surface area contributed by atoms with Crippen molar-refractivity contribution in [3.8, 4) is 27.9 Å². The van der Waals surface area contributed by atoms with E-state index in [2.05, 4.69) is 230 Å². The Hall–Kier alpha value is -7.42. The molecule has 0 amide bonds. The molecule has 0 fully saturated rings. The van der Waals surface area contributed by atoms with E-state index < -0.39 is 0 Å². The highest BCUT2D eigenvalue weighted by atomic mass is 15.1. The normalized spacial score (nSPS) is 13.1. The van der Waals surface area contributed by atoms with Gasteiger partial charge in [-0.25, -0.2) is 0 Å². The molecular weight excluding hydrogens is 713 g/mol. The van der Waals surface area contributed by atoms with E-state index in [4.69, 9.17) is 0 Å². The van der Waals surface area contributed by atoms with Gasteiger partial charge in [0, 0.05) is 38.8 Å². The molecule has 0 radical (unpaired) electrons. The molecule has 0 atom stereocenters. The smallest absolute Gasteiger partial charge is 0.0546 e. The Morgan fingerprint density at radius 2 is 0.966 bits per heavy atom. The lowest BCUT2D eigenvalue weighted by Gasteiger charge is -2.31. The van der Waals surface area contributed by atoms with Crippen molar-refractivity contribution >= 4 is 71.2 Å². The summed E-state index contributed by atoms with van der Waals surface area (Å²) in [6.45, 7) is 4.78. The fourth-order valence-corrected chi connectivity index (χ4v) is 10.0. The molecule has 1 aromatic heterocycles. The third-order valence-electron chi connectivity index (χ3n) is 12.9. The maximum Gasteiger partial charge on any atom is 0.0546 e. The van der Waals surface area contributed by atoms with Crippen molar-refractivity contribution in [2.45, 2.75) is 19.3 Å². The third-order valence-corrected chi connectivity index (χ3v) is 12.9. The van der Waals surface area contributed by atoms with E-state index >= 15 is 0 Å². The van der Waals surface area contributed by atoms with Crippen LogP contribution in [0.25, 0.3) is 82.1 Å². The quantitative estimate of drug-likeness (QED) is 0.170. The van der Waals surface area contributed by atoms with Crippen LogP contribution in [0, 0.1) is 0 Å². The number of para-hydroxylation sites is 2. The molecule has 1 aliphatic rings. The van der Waals surface area contributed by atoms with Gasteiger partial charge < -0.3 is 9.47 Å². The number of nitrogens with zero attached hydrogens (tertiary/aromatic N) is 2. The molecule has 0 N–H and O–H groups in total. The minimum absolute atomic E-state index is 0.189. The van der Waals surface area contributed by atoms with E-state index in [-0.39, 0.29) is 5.41 Å². The molecule has 1 heterocycles. The molecule has 0 aliphatic heterocycles. The van der Waals surface area contributed by atoms with Crippen LogP contribution in [-0.2, 0) is 5.41 Å². The maximum absolute atomic E-state index is 2.50. The second kappa shape index (κ2) is 12.8. The van der Waals surface area contributed by atoms with Crippen LogP contribution in [0.15, 0.2) is 206 Å². The molecule has 0 spiro atoms. The first kappa shape index (κ1) is 33.7. The van der Waals surface area contributed by atoms with Crippen LogP contribution in [0.1, 0.15) is 25.0 Å². The van der Waals surface area contributed by atoms with Gasteiger partial charge in [-0.3, -0.25) is 0 Å². The number of hydrogen-bond acceptors (Lipinski definition) is 1. The van der Waals surface area contributed by atoms with Gasteiger partial charge in [-0.05, 0) is 127 Å². The molecule has 0 saturated heterocycles. The van der Waals surface area contributed by atoms with Gasteiger partial charge in [-0.15, -0.1) is 0 Å². The van der Waals surface area contributed by atoms with E-state index in [1.165, 1.54) is 87.5 Å². The zero-order valence-corrected chi connectivity index (χ0v) is 33.0. The first-order valence-corrected chi connectivity index (χ1v) is 20.6. The topological polar surface area (TPSA) is 8.17 Å². The predicted molar refractivity (Wildman–Crippen MR) is 251 cm³/mol. The summed E-state index contributed by atoms with van der Waals surface area (Å²) < 4.78 is 2.42. The number of anilines is 3. The van der Waals surface area contributed by atoms with Crippen LogP contribution in [0.4, 0.5) is 17.1 Å². The fourth-order valence-electron chi connectivity index (χ4n) is 10.0. The fraction of sp³-hybridized carbons (Fsp3) is 0.0526. The van der Waals surface area contributed by atoms with Gasteiger partial charge in [0.25, 0.3) is 0 Å². The lowest BCUT2D eigenvalue weighted by Crippen LogP contribution is -2.17. The lowest BCUT2D eigenvalue weighted by molar-refractivity contribution is 0.661. The average Bonchev–Trinajstić information content (AvgIpc) is 3.73. The summed E-state index contributed by atoms with van der Waals surface area (Å²) in [6, 6.07) is 76.4. The zero-order chi connectivity index (χ0) is 39.2. The van der Waals surface area contributed by atoms with Crippen LogP contribution >= 0.6 is 0 Å². The second-order valence-electron chi connectivity index (χ2n) is 16.6. The van der Waals surface area contributed by atoms with Gasteiger partial charge in [-0.1, -0.05) is 153 Å². The standard InChI is InChI=1S/C57H40N2/c1-57(2)51-34-41-18-6-5-17-40(41)33-50(51)47-30-29-45(36-52(47)57)58(43-19-13-20-44(35-43)59-53-24-11-9-22-48(53)49-23-10-12-25-54(49)59)55-31-28-38-15-7-8-21-46(38)56(55)42-27-26-37-14-3-4-16-39(37)32-42/h3-36H,1-2H3. The van der Waals surface area contributed by atoms with E-state index in [1.807, 2.05) is 0 Å². The summed E-state index contributed by atoms with van der Waals surface area (Å²) in [5, 5.41) is 9.99. The molecular formula is C57H40N2. The summed E-state index contributed by atoms with van der Waals surface area (Å²) in [4.78, 5) is 2.50. The van der Waals surface area contributed by atoms with Crippen molar-refractivity contribution < 1.29 is 0 Å². The first-order chi connectivity index (χ1) is 29.0. The minimum atomic E-state index is -0.189. The van der Waals surface area contributed by atoms with E-state index in [0.29, 0.717) is 0 Å². The minimum Gasteiger partial charge on any atom is -0.310 e. The summed E-state index contributed by atoms with van der Waals surface area (Å²) >= 11 is 0. The molecule has 10 aromatic carbocycles. The molecule has 11 aromatic rings. The van der Waals surface area contributed by atoms with Crippen LogP contribution in [0.2, 0.25) is 0 Å². The Balaban J connectivity index is 1.13. The summed E-state index contributed by atoms with van der Waals surface area (Å²) in [6.07, 6.45) is 0. The first-order valence-electron chi connectivity index (χ1n) is 20.6. The van der Waals surface area contributed by atoms with Gasteiger partial charge in [-0.2, -0.15) is 0 Å². The molecule has 12 rings (SSSR count). The number of aromatic nitrogens is 1. The number of hydrogen-bond donors (Lipinski definition) is 0. The van der Waals surface area contributed by atoms with E-state index in [1.54, 1.807) is 0 Å². The molecule has 59 heavy (non-hydrogen) atoms. The van der Waals surface area contributed by atoms with Gasteiger partial charge in [0.05, 0.1) is 16.7 Å². The largest absolute Gasteiger partial charge is 0.310 e. The molecule has 1 aliphatic carbocycles. The Labute approximate surface area is 343 Å². The third kappa shape index (κ3) is 5.13. The van der Waals surface area contributed by atoms with Gasteiger partial charge in [0.15, 0.2) is 0 Å². The van der Waals surface area contributed by atoms with Crippen molar-refractivity contribution in [3.05, 3.63) is 217 Å². The van der Waals surface area contributed by atoms with Crippen molar-refractivity contribution in [1.29, 1.82) is 0 Å². The highest BCUT2D eigenvalue weighted by molar-refractivity contribution is 6.10. The molecule has 0 bridgehead atoms. The van der Waals surface area contributed by atoms with Gasteiger partial charge >= 0.3 is 0 Å². The molecule has 2 heteroatoms. The van der Waals surface area contributed by atoms with Gasteiger partial charge in [0.2, 0.25) is 0 Å². The average molecular weight is 753 g/mol. The highest BCUT2D eigenvalue weighted by Crippen LogP contribution is 2.53. The Morgan fingerprint density at radius 3 is 1.71 bits per heavy atom. The maximum atomic E-state index is 2.50. The summed E-state index contributed by atoms with van der Waals surface area (Å²) in [5.41, 5.74) is 14.5. The molecule has 278 valence electrons. The van der Waals surface area contributed by atoms with Crippen molar-refractivity contribution in [2.75, 3.05) is 4.90 Å². The second-order valence-corrected chi connectivity index (χ2v) is 16.6. The van der Waals surface area contributed by atoms with Crippen LogP contribution in [0.3, 0.4) is 0 Å². The number of benzene rings is 10. The van der Waals surface area contributed by atoms with E-state index in [0.717, 1.165) is 22.7 Å². The SMILES string of the molecule is CC1(C)c2cc(N(c3cccc(-n4c5ccccc5c5ccccc54)c3)c3ccc4ccccc4c3-c3ccc4ccccc4c3)ccc2-c2cc3ccccc3cc21. The summed E-state index contributed by atoms with van der Waals surface area (Å²) in [5.74, 6) is 0. The zero-order valence-electron chi connectivity index (χ0n) is 33.0. The predicted octanol–water partition coefficient (Wildman–Crippen LogP) is 15.7. The van der Waals surface area contributed by atoms with Crippen molar-refractivity contribution in [1.82, 2.24) is 4.57 Å². The molecule has 0 saturated carbocycles.